The number of aryl methyl sites for hydroxylation is 1. The van der Waals surface area contributed by atoms with E-state index in [1.54, 1.807) is 26.1 Å². The van der Waals surface area contributed by atoms with E-state index >= 15 is 0 Å². The van der Waals surface area contributed by atoms with Gasteiger partial charge in [-0.05, 0) is 36.1 Å². The first kappa shape index (κ1) is 18.5. The highest BCUT2D eigenvalue weighted by Gasteiger charge is 2.29. The van der Waals surface area contributed by atoms with Crippen molar-refractivity contribution in [1.82, 2.24) is 14.9 Å². The van der Waals surface area contributed by atoms with Crippen LogP contribution in [-0.2, 0) is 21.2 Å². The minimum atomic E-state index is -3.81. The van der Waals surface area contributed by atoms with Gasteiger partial charge in [-0.3, -0.25) is 4.79 Å². The van der Waals surface area contributed by atoms with Crippen LogP contribution in [0.5, 0.6) is 0 Å². The molecule has 1 N–H and O–H groups in total. The van der Waals surface area contributed by atoms with E-state index in [1.165, 1.54) is 11.0 Å². The highest BCUT2D eigenvalue weighted by Crippen LogP contribution is 2.30. The lowest BCUT2D eigenvalue weighted by atomic mass is 10.0. The van der Waals surface area contributed by atoms with Crippen LogP contribution in [0, 0.1) is 12.8 Å². The summed E-state index contributed by atoms with van der Waals surface area (Å²) in [5, 5.41) is 7.75. The molecule has 1 aromatic heterocycles. The van der Waals surface area contributed by atoms with Crippen molar-refractivity contribution in [1.29, 1.82) is 0 Å². The number of anilines is 1. The molecule has 9 heteroatoms. The number of hydrogen-bond acceptors (Lipinski definition) is 6. The van der Waals surface area contributed by atoms with E-state index in [0.29, 0.717) is 17.9 Å². The van der Waals surface area contributed by atoms with Crippen LogP contribution in [-0.4, -0.2) is 31.6 Å². The summed E-state index contributed by atoms with van der Waals surface area (Å²) in [6.07, 6.45) is 0.723. The monoisotopic (exact) mass is 378 g/mol. The normalized spacial score (nSPS) is 15.6. The van der Waals surface area contributed by atoms with E-state index in [1.807, 2.05) is 13.8 Å². The van der Waals surface area contributed by atoms with Gasteiger partial charge in [-0.15, -0.1) is 10.2 Å². The van der Waals surface area contributed by atoms with Crippen molar-refractivity contribution in [3.63, 3.8) is 0 Å². The molecule has 0 fully saturated rings. The quantitative estimate of drug-likeness (QED) is 0.824. The third-order valence-electron chi connectivity index (χ3n) is 4.28. The van der Waals surface area contributed by atoms with Crippen molar-refractivity contribution < 1.29 is 17.6 Å². The number of sulfonamides is 1. The second-order valence-corrected chi connectivity index (χ2v) is 8.60. The maximum Gasteiger partial charge on any atom is 0.241 e. The van der Waals surface area contributed by atoms with E-state index in [4.69, 9.17) is 4.42 Å². The number of rotatable bonds is 6. The van der Waals surface area contributed by atoms with Crippen molar-refractivity contribution in [2.75, 3.05) is 11.9 Å². The van der Waals surface area contributed by atoms with Gasteiger partial charge in [-0.1, -0.05) is 13.8 Å². The number of nitrogens with zero attached hydrogens (tertiary/aromatic N) is 3. The highest BCUT2D eigenvalue weighted by molar-refractivity contribution is 7.89. The van der Waals surface area contributed by atoms with Crippen LogP contribution in [0.3, 0.4) is 0 Å². The molecular formula is C17H22N4O4S. The molecule has 140 valence electrons. The largest absolute Gasteiger partial charge is 0.424 e. The number of hydrogen-bond donors (Lipinski definition) is 1. The number of likely N-dealkylation sites (N-methyl/N-ethyl adjacent to an activating group) is 1. The molecule has 26 heavy (non-hydrogen) atoms. The van der Waals surface area contributed by atoms with Crippen LogP contribution in [0.15, 0.2) is 27.5 Å². The summed E-state index contributed by atoms with van der Waals surface area (Å²) in [5.74, 6) is 0.797. The zero-order valence-electron chi connectivity index (χ0n) is 15.2. The highest BCUT2D eigenvalue weighted by atomic mass is 32.2. The standard InChI is InChI=1S/C17H22N4O4S/c1-10(2)7-14(17-19-18-11(3)25-17)20-26(23,24)13-5-6-15-12(8-13)9-16(22)21(15)4/h5-6,8,10,14,20H,7,9H2,1-4H3. The predicted molar refractivity (Wildman–Crippen MR) is 95.1 cm³/mol. The van der Waals surface area contributed by atoms with Gasteiger partial charge in [0.2, 0.25) is 27.7 Å². The molecule has 0 spiro atoms. The van der Waals surface area contributed by atoms with Gasteiger partial charge in [0, 0.05) is 19.7 Å². The Balaban J connectivity index is 1.89. The van der Waals surface area contributed by atoms with Crippen LogP contribution in [0.25, 0.3) is 0 Å². The lowest BCUT2D eigenvalue weighted by molar-refractivity contribution is -0.117. The number of aromatic nitrogens is 2. The fraction of sp³-hybridized carbons (Fsp3) is 0.471. The van der Waals surface area contributed by atoms with Gasteiger partial charge in [0.05, 0.1) is 11.3 Å². The van der Waals surface area contributed by atoms with Crippen LogP contribution in [0.2, 0.25) is 0 Å². The van der Waals surface area contributed by atoms with Gasteiger partial charge in [-0.25, -0.2) is 8.42 Å². The van der Waals surface area contributed by atoms with Crippen LogP contribution < -0.4 is 9.62 Å². The summed E-state index contributed by atoms with van der Waals surface area (Å²) in [4.78, 5) is 13.5. The summed E-state index contributed by atoms with van der Waals surface area (Å²) >= 11 is 0. The van der Waals surface area contributed by atoms with Gasteiger partial charge in [0.25, 0.3) is 0 Å². The summed E-state index contributed by atoms with van der Waals surface area (Å²) in [5.41, 5.74) is 1.44. The first-order chi connectivity index (χ1) is 12.2. The Kier molecular flexibility index (Phi) is 4.85. The minimum Gasteiger partial charge on any atom is -0.424 e. The van der Waals surface area contributed by atoms with Gasteiger partial charge in [0.1, 0.15) is 6.04 Å². The second kappa shape index (κ2) is 6.81. The number of carbonyl (C=O) groups is 1. The number of benzene rings is 1. The van der Waals surface area contributed by atoms with E-state index in [9.17, 15) is 13.2 Å². The van der Waals surface area contributed by atoms with Crippen molar-refractivity contribution in [3.8, 4) is 0 Å². The molecule has 1 aliphatic rings. The Bertz CT molecular complexity index is 936. The molecule has 0 bridgehead atoms. The molecule has 8 nitrogen and oxygen atoms in total. The summed E-state index contributed by atoms with van der Waals surface area (Å²) in [7, 11) is -2.13. The maximum absolute atomic E-state index is 12.9. The third-order valence-corrected chi connectivity index (χ3v) is 5.75. The molecule has 1 aromatic carbocycles. The lowest BCUT2D eigenvalue weighted by Gasteiger charge is -2.18. The first-order valence-electron chi connectivity index (χ1n) is 8.39. The van der Waals surface area contributed by atoms with Crippen LogP contribution in [0.4, 0.5) is 5.69 Å². The number of amides is 1. The Morgan fingerprint density at radius 2 is 2.04 bits per heavy atom. The number of fused-ring (bicyclic) bond motifs is 1. The molecule has 1 amide bonds. The van der Waals surface area contributed by atoms with E-state index in [2.05, 4.69) is 14.9 Å². The van der Waals surface area contributed by atoms with Crippen molar-refractivity contribution in [2.24, 2.45) is 5.92 Å². The topological polar surface area (TPSA) is 105 Å². The van der Waals surface area contributed by atoms with Gasteiger partial charge in [0.15, 0.2) is 0 Å². The molecule has 1 atom stereocenters. The molecule has 1 unspecified atom stereocenters. The zero-order chi connectivity index (χ0) is 19.1. The van der Waals surface area contributed by atoms with Crippen molar-refractivity contribution in [3.05, 3.63) is 35.5 Å². The summed E-state index contributed by atoms with van der Waals surface area (Å²) < 4.78 is 33.8. The van der Waals surface area contributed by atoms with E-state index in [-0.39, 0.29) is 29.0 Å². The number of carbonyl (C=O) groups excluding carboxylic acids is 1. The Hall–Kier alpha value is -2.26. The molecule has 3 rings (SSSR count). The minimum absolute atomic E-state index is 0.0541. The fourth-order valence-electron chi connectivity index (χ4n) is 2.99. The Morgan fingerprint density at radius 1 is 1.31 bits per heavy atom. The van der Waals surface area contributed by atoms with Crippen LogP contribution >= 0.6 is 0 Å². The average molecular weight is 378 g/mol. The summed E-state index contributed by atoms with van der Waals surface area (Å²) in [6.45, 7) is 5.63. The molecule has 0 radical (unpaired) electrons. The molecule has 0 aliphatic carbocycles. The van der Waals surface area contributed by atoms with Crippen LogP contribution in [0.1, 0.15) is 43.7 Å². The van der Waals surface area contributed by atoms with Gasteiger partial charge >= 0.3 is 0 Å². The molecule has 2 aromatic rings. The molecule has 1 aliphatic heterocycles. The predicted octanol–water partition coefficient (Wildman–Crippen LogP) is 1.96. The zero-order valence-corrected chi connectivity index (χ0v) is 16.0. The third kappa shape index (κ3) is 3.63. The smallest absolute Gasteiger partial charge is 0.241 e. The van der Waals surface area contributed by atoms with E-state index < -0.39 is 16.1 Å². The van der Waals surface area contributed by atoms with Gasteiger partial charge in [-0.2, -0.15) is 4.72 Å². The Labute approximate surface area is 152 Å². The SMILES string of the molecule is Cc1nnc(C(CC(C)C)NS(=O)(=O)c2ccc3c(c2)CC(=O)N3C)o1. The summed E-state index contributed by atoms with van der Waals surface area (Å²) in [6, 6.07) is 4.09. The van der Waals surface area contributed by atoms with Gasteiger partial charge < -0.3 is 9.32 Å². The second-order valence-electron chi connectivity index (χ2n) is 6.88. The van der Waals surface area contributed by atoms with Crippen molar-refractivity contribution in [2.45, 2.75) is 44.6 Å². The molecule has 0 saturated carbocycles. The van der Waals surface area contributed by atoms with E-state index in [0.717, 1.165) is 5.69 Å². The molecule has 2 heterocycles. The Morgan fingerprint density at radius 3 is 2.65 bits per heavy atom. The maximum atomic E-state index is 12.9. The lowest BCUT2D eigenvalue weighted by Crippen LogP contribution is -2.30. The average Bonchev–Trinajstić information content (AvgIpc) is 3.10. The van der Waals surface area contributed by atoms with Crippen molar-refractivity contribution >= 4 is 21.6 Å². The fourth-order valence-corrected chi connectivity index (χ4v) is 4.24. The molecular weight excluding hydrogens is 356 g/mol. The molecule has 0 saturated heterocycles. The number of nitrogens with one attached hydrogen (secondary N) is 1. The first-order valence-corrected chi connectivity index (χ1v) is 9.87.